The Bertz CT molecular complexity index is 1120. The van der Waals surface area contributed by atoms with Gasteiger partial charge in [-0.25, -0.2) is 0 Å². The van der Waals surface area contributed by atoms with Crippen LogP contribution in [0.25, 0.3) is 0 Å². The van der Waals surface area contributed by atoms with Crippen molar-refractivity contribution >= 4 is 16.0 Å². The maximum Gasteiger partial charge on any atom is 0.267 e. The van der Waals surface area contributed by atoms with Crippen LogP contribution in [0.15, 0.2) is 109 Å². The molecule has 0 fully saturated rings. The Labute approximate surface area is 281 Å². The number of aliphatic hydroxyl groups excluding tert-OH is 1. The molecule has 0 bridgehead atoms. The highest BCUT2D eigenvalue weighted by Crippen LogP contribution is 2.06. The zero-order chi connectivity index (χ0) is 34.0. The van der Waals surface area contributed by atoms with Gasteiger partial charge in [-0.2, -0.15) is 8.42 Å². The lowest BCUT2D eigenvalue weighted by molar-refractivity contribution is -0.122. The molecule has 2 unspecified atom stereocenters. The van der Waals surface area contributed by atoms with E-state index in [4.69, 9.17) is 0 Å². The van der Waals surface area contributed by atoms with Crippen molar-refractivity contribution in [3.05, 3.63) is 109 Å². The summed E-state index contributed by atoms with van der Waals surface area (Å²) in [7, 11) is -4.38. The number of rotatable bonds is 28. The molecule has 1 amide bonds. The van der Waals surface area contributed by atoms with E-state index < -0.39 is 28.0 Å². The number of unbranched alkanes of at least 4 members (excludes halogenated alkanes) is 4. The minimum atomic E-state index is -4.38. The third-order valence-corrected chi connectivity index (χ3v) is 7.45. The number of amides is 1. The van der Waals surface area contributed by atoms with E-state index in [1.807, 2.05) is 12.2 Å². The van der Waals surface area contributed by atoms with Gasteiger partial charge in [-0.05, 0) is 77.0 Å². The van der Waals surface area contributed by atoms with Gasteiger partial charge in [0, 0.05) is 6.42 Å². The summed E-state index contributed by atoms with van der Waals surface area (Å²) in [5.41, 5.74) is 0. The molecule has 0 aromatic rings. The van der Waals surface area contributed by atoms with Crippen molar-refractivity contribution in [2.45, 2.75) is 122 Å². The Hall–Kier alpha value is -3.00. The van der Waals surface area contributed by atoms with Crippen LogP contribution in [0, 0.1) is 0 Å². The first-order chi connectivity index (χ1) is 22.3. The highest BCUT2D eigenvalue weighted by Gasteiger charge is 2.24. The molecule has 0 aliphatic rings. The third-order valence-electron chi connectivity index (χ3n) is 6.67. The number of aliphatic hydroxyl groups is 1. The van der Waals surface area contributed by atoms with E-state index in [-0.39, 0.29) is 12.3 Å². The van der Waals surface area contributed by atoms with Crippen LogP contribution in [0.1, 0.15) is 110 Å². The fraction of sp³-hybridized carbons (Fsp3) is 0.513. The Morgan fingerprint density at radius 3 is 1.48 bits per heavy atom. The van der Waals surface area contributed by atoms with Gasteiger partial charge in [-0.15, -0.1) is 0 Å². The summed E-state index contributed by atoms with van der Waals surface area (Å²) >= 11 is 0. The minimum Gasteiger partial charge on any atom is -0.387 e. The van der Waals surface area contributed by atoms with Crippen molar-refractivity contribution in [3.63, 3.8) is 0 Å². The van der Waals surface area contributed by atoms with Crippen molar-refractivity contribution in [3.8, 4) is 0 Å². The number of hydrogen-bond acceptors (Lipinski definition) is 4. The number of carbonyl (C=O) groups excluding carboxylic acids is 1. The van der Waals surface area contributed by atoms with E-state index in [0.29, 0.717) is 12.8 Å². The van der Waals surface area contributed by atoms with Crippen LogP contribution in [0.4, 0.5) is 0 Å². The van der Waals surface area contributed by atoms with E-state index in [1.54, 1.807) is 6.08 Å². The normalized spacial score (nSPS) is 14.8. The van der Waals surface area contributed by atoms with Crippen LogP contribution in [0.5, 0.6) is 0 Å². The summed E-state index contributed by atoms with van der Waals surface area (Å²) in [5.74, 6) is -1.14. The predicted octanol–water partition coefficient (Wildman–Crippen LogP) is 9.62. The molecule has 0 radical (unpaired) electrons. The lowest BCUT2D eigenvalue weighted by atomic mass is 10.1. The van der Waals surface area contributed by atoms with Crippen LogP contribution in [-0.4, -0.2) is 41.9 Å². The van der Waals surface area contributed by atoms with Crippen molar-refractivity contribution in [1.29, 1.82) is 0 Å². The molecule has 0 saturated heterocycles. The van der Waals surface area contributed by atoms with Crippen molar-refractivity contribution in [2.75, 3.05) is 5.75 Å². The fourth-order valence-electron chi connectivity index (χ4n) is 4.13. The summed E-state index contributed by atoms with van der Waals surface area (Å²) in [6.45, 7) is 4.32. The van der Waals surface area contributed by atoms with Crippen LogP contribution < -0.4 is 5.32 Å². The lowest BCUT2D eigenvalue weighted by Crippen LogP contribution is -2.46. The number of hydrogen-bond donors (Lipinski definition) is 3. The van der Waals surface area contributed by atoms with Gasteiger partial charge in [0.1, 0.15) is 0 Å². The first kappa shape index (κ1) is 43.0. The van der Waals surface area contributed by atoms with Gasteiger partial charge < -0.3 is 10.4 Å². The molecule has 0 heterocycles. The summed E-state index contributed by atoms with van der Waals surface area (Å²) in [5, 5.41) is 13.0. The van der Waals surface area contributed by atoms with E-state index in [9.17, 15) is 22.9 Å². The molecule has 0 saturated carbocycles. The Balaban J connectivity index is 4.27. The molecule has 6 nitrogen and oxygen atoms in total. The van der Waals surface area contributed by atoms with E-state index in [2.05, 4.69) is 104 Å². The topological polar surface area (TPSA) is 104 Å². The molecule has 0 spiro atoms. The van der Waals surface area contributed by atoms with E-state index in [0.717, 1.165) is 64.2 Å². The molecule has 0 aliphatic carbocycles. The molecule has 3 N–H and O–H groups in total. The zero-order valence-electron chi connectivity index (χ0n) is 28.4. The van der Waals surface area contributed by atoms with E-state index in [1.165, 1.54) is 18.9 Å². The SMILES string of the molecule is CC/C=C\C/C=C\C/C=C\C/C=C\C/C=C\C/C=C\CCC(=O)NC(CS(=O)(=O)O)C(O)/C=C/CC/C=C/CC/C=C/CCCC. The molecule has 258 valence electrons. The molecular formula is C39H61NO5S. The van der Waals surface area contributed by atoms with Crippen LogP contribution in [0.3, 0.4) is 0 Å². The Morgan fingerprint density at radius 2 is 1.02 bits per heavy atom. The van der Waals surface area contributed by atoms with Crippen LogP contribution in [-0.2, 0) is 14.9 Å². The zero-order valence-corrected chi connectivity index (χ0v) is 29.2. The second kappa shape index (κ2) is 32.0. The molecule has 0 rings (SSSR count). The summed E-state index contributed by atoms with van der Waals surface area (Å²) < 4.78 is 32.3. The molecular weight excluding hydrogens is 594 g/mol. The van der Waals surface area contributed by atoms with Crippen LogP contribution >= 0.6 is 0 Å². The molecule has 0 aliphatic heterocycles. The average Bonchev–Trinajstić information content (AvgIpc) is 3.01. The second-order valence-corrected chi connectivity index (χ2v) is 12.5. The molecule has 0 aromatic carbocycles. The average molecular weight is 656 g/mol. The van der Waals surface area contributed by atoms with Gasteiger partial charge in [-0.1, -0.05) is 136 Å². The number of allylic oxidation sites excluding steroid dienone is 17. The van der Waals surface area contributed by atoms with Crippen LogP contribution in [0.2, 0.25) is 0 Å². The standard InChI is InChI=1S/C39H61NO5S/c1-3-5-7-9-11-13-15-17-18-19-20-21-22-23-25-27-29-31-33-35-39(42)40-37(36-46(43,44)45)38(41)34-32-30-28-26-24-16-14-12-10-8-6-4-2/h5,7,10-13,17-18,20-21,23-26,29,31-32,34,37-38,41H,3-4,6,8-9,14-16,19,22,27-28,30,33,35-36H2,1-2H3,(H,40,42)(H,43,44,45)/b7-5-,12-10+,13-11-,18-17-,21-20-,25-23-,26-24+,31-29-,34-32+. The second-order valence-electron chi connectivity index (χ2n) is 11.0. The quantitative estimate of drug-likeness (QED) is 0.0442. The largest absolute Gasteiger partial charge is 0.387 e. The van der Waals surface area contributed by atoms with Gasteiger partial charge in [-0.3, -0.25) is 9.35 Å². The van der Waals surface area contributed by atoms with Crippen molar-refractivity contribution < 1.29 is 22.9 Å². The molecule has 46 heavy (non-hydrogen) atoms. The summed E-state index contributed by atoms with van der Waals surface area (Å²) in [4.78, 5) is 12.4. The van der Waals surface area contributed by atoms with E-state index >= 15 is 0 Å². The first-order valence-electron chi connectivity index (χ1n) is 17.1. The van der Waals surface area contributed by atoms with Gasteiger partial charge in [0.25, 0.3) is 10.1 Å². The van der Waals surface area contributed by atoms with Gasteiger partial charge >= 0.3 is 0 Å². The van der Waals surface area contributed by atoms with Gasteiger partial charge in [0.05, 0.1) is 17.9 Å². The lowest BCUT2D eigenvalue weighted by Gasteiger charge is -2.20. The first-order valence-corrected chi connectivity index (χ1v) is 18.7. The summed E-state index contributed by atoms with van der Waals surface area (Å²) in [6.07, 6.45) is 49.4. The van der Waals surface area contributed by atoms with Gasteiger partial charge in [0.15, 0.2) is 0 Å². The molecule has 0 aromatic heterocycles. The Kier molecular flexibility index (Phi) is 29.9. The predicted molar refractivity (Wildman–Crippen MR) is 197 cm³/mol. The Morgan fingerprint density at radius 1 is 0.609 bits per heavy atom. The number of nitrogens with one attached hydrogen (secondary N) is 1. The maximum absolute atomic E-state index is 12.4. The smallest absolute Gasteiger partial charge is 0.267 e. The third kappa shape index (κ3) is 32.4. The maximum atomic E-state index is 12.4. The highest BCUT2D eigenvalue weighted by molar-refractivity contribution is 7.85. The minimum absolute atomic E-state index is 0.152. The number of carbonyl (C=O) groups is 1. The fourth-order valence-corrected chi connectivity index (χ4v) is 4.87. The van der Waals surface area contributed by atoms with Crippen molar-refractivity contribution in [1.82, 2.24) is 5.32 Å². The van der Waals surface area contributed by atoms with Gasteiger partial charge in [0.2, 0.25) is 5.91 Å². The highest BCUT2D eigenvalue weighted by atomic mass is 32.2. The summed E-state index contributed by atoms with van der Waals surface area (Å²) in [6, 6.07) is -1.13. The molecule has 7 heteroatoms. The molecule has 2 atom stereocenters. The monoisotopic (exact) mass is 655 g/mol. The van der Waals surface area contributed by atoms with Crippen molar-refractivity contribution in [2.24, 2.45) is 0 Å².